The van der Waals surface area contributed by atoms with E-state index in [-0.39, 0.29) is 5.91 Å². The van der Waals surface area contributed by atoms with Crippen LogP contribution in [0.2, 0.25) is 0 Å². The van der Waals surface area contributed by atoms with Crippen molar-refractivity contribution in [2.45, 2.75) is 19.3 Å². The van der Waals surface area contributed by atoms with Gasteiger partial charge in [-0.15, -0.1) is 11.3 Å². The number of nitrogens with zero attached hydrogens (tertiary/aromatic N) is 2. The summed E-state index contributed by atoms with van der Waals surface area (Å²) < 4.78 is 1.20. The molecule has 0 bridgehead atoms. The maximum Gasteiger partial charge on any atom is 0.224 e. The number of carbonyl (C=O) groups excluding carboxylic acids is 1. The van der Waals surface area contributed by atoms with E-state index in [0.717, 1.165) is 29.1 Å². The number of hydrogen-bond acceptors (Lipinski definition) is 4. The Kier molecular flexibility index (Phi) is 4.21. The fourth-order valence-electron chi connectivity index (χ4n) is 2.09. The SMILES string of the molecule is O=C(CCCc1nc2ccccc2s1)Nc1ccncc1. The van der Waals surface area contributed by atoms with Gasteiger partial charge in [-0.25, -0.2) is 4.98 Å². The number of benzene rings is 1. The Morgan fingerprint density at radius 2 is 1.95 bits per heavy atom. The molecule has 1 N–H and O–H groups in total. The second-order valence-electron chi connectivity index (χ2n) is 4.71. The maximum absolute atomic E-state index is 11.8. The van der Waals surface area contributed by atoms with Crippen LogP contribution in [0.4, 0.5) is 5.69 Å². The summed E-state index contributed by atoms with van der Waals surface area (Å²) in [5.41, 5.74) is 1.83. The Bertz CT molecular complexity index is 706. The van der Waals surface area contributed by atoms with E-state index in [1.165, 1.54) is 4.70 Å². The molecule has 1 aromatic carbocycles. The Labute approximate surface area is 126 Å². The second-order valence-corrected chi connectivity index (χ2v) is 5.83. The van der Waals surface area contributed by atoms with Gasteiger partial charge in [-0.2, -0.15) is 0 Å². The van der Waals surface area contributed by atoms with Gasteiger partial charge < -0.3 is 5.32 Å². The normalized spacial score (nSPS) is 10.7. The van der Waals surface area contributed by atoms with E-state index in [1.807, 2.05) is 18.2 Å². The lowest BCUT2D eigenvalue weighted by molar-refractivity contribution is -0.116. The summed E-state index contributed by atoms with van der Waals surface area (Å²) in [5.74, 6) is 0.0299. The van der Waals surface area contributed by atoms with Crippen molar-refractivity contribution < 1.29 is 4.79 Å². The molecule has 0 spiro atoms. The second kappa shape index (κ2) is 6.45. The number of para-hydroxylation sites is 1. The molecule has 106 valence electrons. The lowest BCUT2D eigenvalue weighted by atomic mass is 10.2. The van der Waals surface area contributed by atoms with Gasteiger partial charge in [0.1, 0.15) is 0 Å². The zero-order valence-corrected chi connectivity index (χ0v) is 12.3. The number of pyridine rings is 1. The van der Waals surface area contributed by atoms with Crippen LogP contribution in [0.25, 0.3) is 10.2 Å². The fourth-order valence-corrected chi connectivity index (χ4v) is 3.09. The quantitative estimate of drug-likeness (QED) is 0.782. The predicted molar refractivity (Wildman–Crippen MR) is 85.4 cm³/mol. The van der Waals surface area contributed by atoms with Crippen LogP contribution >= 0.6 is 11.3 Å². The topological polar surface area (TPSA) is 54.9 Å². The smallest absolute Gasteiger partial charge is 0.224 e. The third-order valence-corrected chi connectivity index (χ3v) is 4.19. The molecule has 2 aromatic heterocycles. The van der Waals surface area contributed by atoms with E-state index >= 15 is 0 Å². The lowest BCUT2D eigenvalue weighted by Crippen LogP contribution is -2.11. The molecular formula is C16H15N3OS. The highest BCUT2D eigenvalue weighted by Gasteiger charge is 2.06. The number of hydrogen-bond donors (Lipinski definition) is 1. The number of aromatic nitrogens is 2. The molecule has 0 unspecified atom stereocenters. The van der Waals surface area contributed by atoms with E-state index in [9.17, 15) is 4.79 Å². The number of rotatable bonds is 5. The summed E-state index contributed by atoms with van der Waals surface area (Å²) in [5, 5.41) is 3.95. The number of nitrogens with one attached hydrogen (secondary N) is 1. The molecule has 0 fully saturated rings. The van der Waals surface area contributed by atoms with E-state index in [4.69, 9.17) is 0 Å². The Morgan fingerprint density at radius 1 is 1.14 bits per heavy atom. The van der Waals surface area contributed by atoms with Crippen molar-refractivity contribution in [2.75, 3.05) is 5.32 Å². The van der Waals surface area contributed by atoms with Crippen LogP contribution in [-0.4, -0.2) is 15.9 Å². The summed E-state index contributed by atoms with van der Waals surface area (Å²) in [7, 11) is 0. The number of aryl methyl sites for hydroxylation is 1. The number of amides is 1. The first-order chi connectivity index (χ1) is 10.3. The minimum absolute atomic E-state index is 0.0299. The monoisotopic (exact) mass is 297 g/mol. The molecule has 0 aliphatic carbocycles. The van der Waals surface area contributed by atoms with Gasteiger partial charge in [-0.1, -0.05) is 12.1 Å². The maximum atomic E-state index is 11.8. The minimum atomic E-state index is 0.0299. The van der Waals surface area contributed by atoms with Crippen LogP contribution in [0.15, 0.2) is 48.8 Å². The van der Waals surface area contributed by atoms with E-state index < -0.39 is 0 Å². The first kappa shape index (κ1) is 13.7. The zero-order valence-electron chi connectivity index (χ0n) is 11.5. The summed E-state index contributed by atoms with van der Waals surface area (Å²) in [6, 6.07) is 11.7. The molecule has 0 atom stereocenters. The fraction of sp³-hybridized carbons (Fsp3) is 0.188. The van der Waals surface area contributed by atoms with Gasteiger partial charge in [0.25, 0.3) is 0 Å². The third kappa shape index (κ3) is 3.64. The summed E-state index contributed by atoms with van der Waals surface area (Å²) in [6.07, 6.45) is 5.46. The summed E-state index contributed by atoms with van der Waals surface area (Å²) >= 11 is 1.70. The van der Waals surface area contributed by atoms with Crippen molar-refractivity contribution >= 4 is 33.1 Å². The number of anilines is 1. The average Bonchev–Trinajstić information content (AvgIpc) is 2.91. The Hall–Kier alpha value is -2.27. The first-order valence-corrected chi connectivity index (χ1v) is 7.67. The van der Waals surface area contributed by atoms with Crippen LogP contribution in [-0.2, 0) is 11.2 Å². The number of carbonyl (C=O) groups is 1. The first-order valence-electron chi connectivity index (χ1n) is 6.85. The molecule has 1 amide bonds. The molecule has 0 saturated carbocycles. The molecule has 3 rings (SSSR count). The largest absolute Gasteiger partial charge is 0.326 e. The van der Waals surface area contributed by atoms with Crippen molar-refractivity contribution in [2.24, 2.45) is 0 Å². The van der Waals surface area contributed by atoms with Gasteiger partial charge in [0.05, 0.1) is 15.2 Å². The molecule has 4 nitrogen and oxygen atoms in total. The third-order valence-electron chi connectivity index (χ3n) is 3.10. The van der Waals surface area contributed by atoms with E-state index in [0.29, 0.717) is 6.42 Å². The average molecular weight is 297 g/mol. The van der Waals surface area contributed by atoms with Gasteiger partial charge >= 0.3 is 0 Å². The lowest BCUT2D eigenvalue weighted by Gasteiger charge is -2.03. The van der Waals surface area contributed by atoms with Crippen molar-refractivity contribution in [3.63, 3.8) is 0 Å². The van der Waals surface area contributed by atoms with Gasteiger partial charge in [-0.05, 0) is 37.1 Å². The highest BCUT2D eigenvalue weighted by Crippen LogP contribution is 2.22. The van der Waals surface area contributed by atoms with Crippen LogP contribution in [0.5, 0.6) is 0 Å². The van der Waals surface area contributed by atoms with E-state index in [2.05, 4.69) is 21.4 Å². The highest BCUT2D eigenvalue weighted by atomic mass is 32.1. The van der Waals surface area contributed by atoms with Crippen LogP contribution in [0.3, 0.4) is 0 Å². The molecule has 21 heavy (non-hydrogen) atoms. The van der Waals surface area contributed by atoms with Crippen molar-refractivity contribution in [1.29, 1.82) is 0 Å². The van der Waals surface area contributed by atoms with Crippen molar-refractivity contribution in [1.82, 2.24) is 9.97 Å². The molecule has 5 heteroatoms. The number of fused-ring (bicyclic) bond motifs is 1. The van der Waals surface area contributed by atoms with Gasteiger partial charge in [-0.3, -0.25) is 9.78 Å². The molecular weight excluding hydrogens is 282 g/mol. The molecule has 3 aromatic rings. The van der Waals surface area contributed by atoms with Crippen LogP contribution < -0.4 is 5.32 Å². The minimum Gasteiger partial charge on any atom is -0.326 e. The van der Waals surface area contributed by atoms with Gasteiger partial charge in [0.15, 0.2) is 0 Å². The molecule has 0 aliphatic rings. The van der Waals surface area contributed by atoms with Gasteiger partial charge in [0, 0.05) is 24.5 Å². The summed E-state index contributed by atoms with van der Waals surface area (Å²) in [6.45, 7) is 0. The van der Waals surface area contributed by atoms with Crippen LogP contribution in [0, 0.1) is 0 Å². The van der Waals surface area contributed by atoms with Gasteiger partial charge in [0.2, 0.25) is 5.91 Å². The predicted octanol–water partition coefficient (Wildman–Crippen LogP) is 3.65. The molecule has 2 heterocycles. The molecule has 0 aliphatic heterocycles. The number of thiazole rings is 1. The van der Waals surface area contributed by atoms with E-state index in [1.54, 1.807) is 35.9 Å². The van der Waals surface area contributed by atoms with Crippen molar-refractivity contribution in [3.8, 4) is 0 Å². The molecule has 0 radical (unpaired) electrons. The Morgan fingerprint density at radius 3 is 2.76 bits per heavy atom. The van der Waals surface area contributed by atoms with Crippen molar-refractivity contribution in [3.05, 3.63) is 53.8 Å². The molecule has 0 saturated heterocycles. The summed E-state index contributed by atoms with van der Waals surface area (Å²) in [4.78, 5) is 20.3. The highest BCUT2D eigenvalue weighted by molar-refractivity contribution is 7.18. The zero-order chi connectivity index (χ0) is 14.5. The van der Waals surface area contributed by atoms with Crippen LogP contribution in [0.1, 0.15) is 17.8 Å². The Balaban J connectivity index is 1.50. The standard InChI is InChI=1S/C16H15N3OS/c20-15(18-12-8-10-17-11-9-12)6-3-7-16-19-13-4-1-2-5-14(13)21-16/h1-2,4-5,8-11H,3,6-7H2,(H,17,18,20).